The Morgan fingerprint density at radius 3 is 2.24 bits per heavy atom. The quantitative estimate of drug-likeness (QED) is 0.681. The lowest BCUT2D eigenvalue weighted by molar-refractivity contribution is 0.601. The molecule has 0 fully saturated rings. The summed E-state index contributed by atoms with van der Waals surface area (Å²) >= 11 is 5.79. The van der Waals surface area contributed by atoms with E-state index in [-0.39, 0.29) is 4.90 Å². The molecule has 0 aliphatic heterocycles. The van der Waals surface area contributed by atoms with Gasteiger partial charge in [-0.3, -0.25) is 9.71 Å². The molecule has 0 saturated heterocycles. The summed E-state index contributed by atoms with van der Waals surface area (Å²) in [5.41, 5.74) is 2.44. The second-order valence-electron chi connectivity index (χ2n) is 5.35. The summed E-state index contributed by atoms with van der Waals surface area (Å²) in [6.45, 7) is 0.643. The van der Waals surface area contributed by atoms with Crippen molar-refractivity contribution in [3.8, 4) is 0 Å². The summed E-state index contributed by atoms with van der Waals surface area (Å²) in [5, 5.41) is 3.75. The van der Waals surface area contributed by atoms with Gasteiger partial charge in [-0.15, -0.1) is 0 Å². The second-order valence-corrected chi connectivity index (χ2v) is 7.47. The molecule has 0 amide bonds. The highest BCUT2D eigenvalue weighted by molar-refractivity contribution is 7.92. The highest BCUT2D eigenvalue weighted by Crippen LogP contribution is 2.20. The predicted molar refractivity (Wildman–Crippen MR) is 100 cm³/mol. The predicted octanol–water partition coefficient (Wildman–Crippen LogP) is 4.15. The van der Waals surface area contributed by atoms with Gasteiger partial charge in [0.15, 0.2) is 0 Å². The fourth-order valence-electron chi connectivity index (χ4n) is 2.19. The van der Waals surface area contributed by atoms with E-state index in [9.17, 15) is 8.42 Å². The molecule has 1 heterocycles. The summed E-state index contributed by atoms with van der Waals surface area (Å²) in [6, 6.07) is 16.9. The smallest absolute Gasteiger partial charge is 0.261 e. The second kappa shape index (κ2) is 7.55. The molecule has 2 N–H and O–H groups in total. The first-order chi connectivity index (χ1) is 12.0. The average Bonchev–Trinajstić information content (AvgIpc) is 2.62. The van der Waals surface area contributed by atoms with Crippen molar-refractivity contribution >= 4 is 33.0 Å². The Labute approximate surface area is 151 Å². The van der Waals surface area contributed by atoms with Gasteiger partial charge >= 0.3 is 0 Å². The van der Waals surface area contributed by atoms with Gasteiger partial charge in [-0.2, -0.15) is 0 Å². The SMILES string of the molecule is O=S(=O)(Nc1ccc(NCc2cccnc2)cc1)c1ccc(Cl)cc1. The number of rotatable bonds is 6. The lowest BCUT2D eigenvalue weighted by Gasteiger charge is -2.10. The minimum atomic E-state index is -3.64. The molecule has 5 nitrogen and oxygen atoms in total. The van der Waals surface area contributed by atoms with E-state index < -0.39 is 10.0 Å². The van der Waals surface area contributed by atoms with E-state index in [0.29, 0.717) is 17.3 Å². The van der Waals surface area contributed by atoms with Crippen LogP contribution in [0.2, 0.25) is 5.02 Å². The number of hydrogen-bond donors (Lipinski definition) is 2. The van der Waals surface area contributed by atoms with Gasteiger partial charge in [0.25, 0.3) is 10.0 Å². The van der Waals surface area contributed by atoms with Crippen molar-refractivity contribution in [1.29, 1.82) is 0 Å². The van der Waals surface area contributed by atoms with Gasteiger partial charge in [0, 0.05) is 35.3 Å². The van der Waals surface area contributed by atoms with Crippen molar-refractivity contribution < 1.29 is 8.42 Å². The van der Waals surface area contributed by atoms with Gasteiger partial charge in [0.2, 0.25) is 0 Å². The molecule has 0 aliphatic carbocycles. The maximum atomic E-state index is 12.3. The number of anilines is 2. The summed E-state index contributed by atoms with van der Waals surface area (Å²) in [7, 11) is -3.64. The topological polar surface area (TPSA) is 71.1 Å². The molecule has 0 radical (unpaired) electrons. The number of nitrogens with one attached hydrogen (secondary N) is 2. The fraction of sp³-hybridized carbons (Fsp3) is 0.0556. The third kappa shape index (κ3) is 4.71. The Hall–Kier alpha value is -2.57. The summed E-state index contributed by atoms with van der Waals surface area (Å²) in [6.07, 6.45) is 3.52. The van der Waals surface area contributed by atoms with Crippen LogP contribution in [-0.2, 0) is 16.6 Å². The van der Waals surface area contributed by atoms with Crippen LogP contribution in [0.5, 0.6) is 0 Å². The van der Waals surface area contributed by atoms with E-state index in [4.69, 9.17) is 11.6 Å². The highest BCUT2D eigenvalue weighted by atomic mass is 35.5. The van der Waals surface area contributed by atoms with Crippen LogP contribution in [0.4, 0.5) is 11.4 Å². The van der Waals surface area contributed by atoms with Crippen LogP contribution in [0, 0.1) is 0 Å². The van der Waals surface area contributed by atoms with Crippen molar-refractivity contribution in [2.75, 3.05) is 10.0 Å². The number of pyridine rings is 1. The molecule has 0 aliphatic rings. The van der Waals surface area contributed by atoms with Crippen molar-refractivity contribution in [1.82, 2.24) is 4.98 Å². The summed E-state index contributed by atoms with van der Waals surface area (Å²) < 4.78 is 27.2. The first kappa shape index (κ1) is 17.3. The zero-order valence-corrected chi connectivity index (χ0v) is 14.8. The number of halogens is 1. The minimum Gasteiger partial charge on any atom is -0.381 e. The molecule has 128 valence electrons. The molecule has 0 saturated carbocycles. The van der Waals surface area contributed by atoms with Gasteiger partial charge in [-0.05, 0) is 60.2 Å². The molecule has 25 heavy (non-hydrogen) atoms. The summed E-state index contributed by atoms with van der Waals surface area (Å²) in [4.78, 5) is 4.22. The zero-order valence-electron chi connectivity index (χ0n) is 13.2. The Balaban J connectivity index is 1.65. The Morgan fingerprint density at radius 1 is 0.920 bits per heavy atom. The Morgan fingerprint density at radius 2 is 1.60 bits per heavy atom. The third-order valence-corrected chi connectivity index (χ3v) is 5.13. The molecule has 0 atom stereocenters. The van der Waals surface area contributed by atoms with E-state index in [1.165, 1.54) is 12.1 Å². The first-order valence-corrected chi connectivity index (χ1v) is 9.40. The Kier molecular flexibility index (Phi) is 5.21. The number of aromatic nitrogens is 1. The maximum absolute atomic E-state index is 12.3. The van der Waals surface area contributed by atoms with E-state index in [1.807, 2.05) is 24.3 Å². The maximum Gasteiger partial charge on any atom is 0.261 e. The molecule has 1 aromatic heterocycles. The monoisotopic (exact) mass is 373 g/mol. The first-order valence-electron chi connectivity index (χ1n) is 7.54. The number of sulfonamides is 1. The molecular formula is C18H16ClN3O2S. The van der Waals surface area contributed by atoms with Crippen molar-refractivity contribution in [3.05, 3.63) is 83.6 Å². The van der Waals surface area contributed by atoms with E-state index in [2.05, 4.69) is 15.0 Å². The fourth-order valence-corrected chi connectivity index (χ4v) is 3.38. The van der Waals surface area contributed by atoms with Crippen LogP contribution in [0.3, 0.4) is 0 Å². The van der Waals surface area contributed by atoms with E-state index in [1.54, 1.807) is 36.7 Å². The Bertz CT molecular complexity index is 928. The molecular weight excluding hydrogens is 358 g/mol. The molecule has 0 bridgehead atoms. The minimum absolute atomic E-state index is 0.163. The third-order valence-electron chi connectivity index (χ3n) is 3.48. The molecule has 0 spiro atoms. The number of nitrogens with zero attached hydrogens (tertiary/aromatic N) is 1. The molecule has 3 rings (SSSR count). The van der Waals surface area contributed by atoms with Crippen LogP contribution in [-0.4, -0.2) is 13.4 Å². The van der Waals surface area contributed by atoms with Crippen LogP contribution < -0.4 is 10.0 Å². The highest BCUT2D eigenvalue weighted by Gasteiger charge is 2.13. The standard InChI is InChI=1S/C18H16ClN3O2S/c19-15-3-9-18(10-4-15)25(23,24)22-17-7-5-16(6-8-17)21-13-14-2-1-11-20-12-14/h1-12,21-22H,13H2. The number of benzene rings is 2. The molecule has 7 heteroatoms. The molecule has 2 aromatic carbocycles. The number of hydrogen-bond acceptors (Lipinski definition) is 4. The van der Waals surface area contributed by atoms with Crippen molar-refractivity contribution in [2.45, 2.75) is 11.4 Å². The van der Waals surface area contributed by atoms with E-state index >= 15 is 0 Å². The lowest BCUT2D eigenvalue weighted by atomic mass is 10.2. The lowest BCUT2D eigenvalue weighted by Crippen LogP contribution is -2.12. The van der Waals surface area contributed by atoms with Crippen LogP contribution >= 0.6 is 11.6 Å². The van der Waals surface area contributed by atoms with Gasteiger partial charge in [0.05, 0.1) is 4.90 Å². The largest absolute Gasteiger partial charge is 0.381 e. The van der Waals surface area contributed by atoms with Crippen molar-refractivity contribution in [2.24, 2.45) is 0 Å². The normalized spacial score (nSPS) is 11.1. The van der Waals surface area contributed by atoms with Crippen LogP contribution in [0.25, 0.3) is 0 Å². The van der Waals surface area contributed by atoms with Crippen LogP contribution in [0.1, 0.15) is 5.56 Å². The van der Waals surface area contributed by atoms with Gasteiger partial charge in [0.1, 0.15) is 0 Å². The summed E-state index contributed by atoms with van der Waals surface area (Å²) in [5.74, 6) is 0. The van der Waals surface area contributed by atoms with Crippen molar-refractivity contribution in [3.63, 3.8) is 0 Å². The van der Waals surface area contributed by atoms with Gasteiger partial charge in [-0.25, -0.2) is 8.42 Å². The van der Waals surface area contributed by atoms with E-state index in [0.717, 1.165) is 11.3 Å². The van der Waals surface area contributed by atoms with Gasteiger partial charge in [-0.1, -0.05) is 17.7 Å². The van der Waals surface area contributed by atoms with Gasteiger partial charge < -0.3 is 5.32 Å². The zero-order chi connectivity index (χ0) is 17.7. The molecule has 3 aromatic rings. The average molecular weight is 374 g/mol. The van der Waals surface area contributed by atoms with Crippen LogP contribution in [0.15, 0.2) is 78.0 Å². The molecule has 0 unspecified atom stereocenters.